The molecule has 0 saturated carbocycles. The molecule has 0 amide bonds. The molecule has 0 aliphatic heterocycles. The first-order chi connectivity index (χ1) is 15.2. The van der Waals surface area contributed by atoms with Gasteiger partial charge in [-0.3, -0.25) is 4.68 Å². The average molecular weight is 435 g/mol. The Morgan fingerprint density at radius 2 is 1.84 bits per heavy atom. The van der Waals surface area contributed by atoms with Crippen LogP contribution in [0.4, 0.5) is 0 Å². The van der Waals surface area contributed by atoms with E-state index >= 15 is 0 Å². The SMILES string of the molecule is CCCCc1nn(Cc2ccccc2)c(C(=O)OCC)c1Cc1ccc2nsnc2c1. The number of aromatic nitrogens is 4. The lowest BCUT2D eigenvalue weighted by molar-refractivity contribution is 0.0511. The highest BCUT2D eigenvalue weighted by Crippen LogP contribution is 2.24. The summed E-state index contributed by atoms with van der Waals surface area (Å²) in [6.07, 6.45) is 3.53. The van der Waals surface area contributed by atoms with Crippen molar-refractivity contribution >= 4 is 28.7 Å². The van der Waals surface area contributed by atoms with Crippen LogP contribution in [0.1, 0.15) is 59.6 Å². The number of aryl methyl sites for hydroxylation is 1. The monoisotopic (exact) mass is 434 g/mol. The van der Waals surface area contributed by atoms with Crippen LogP contribution < -0.4 is 0 Å². The van der Waals surface area contributed by atoms with E-state index in [2.05, 4.69) is 21.7 Å². The van der Waals surface area contributed by atoms with Crippen molar-refractivity contribution in [1.82, 2.24) is 18.5 Å². The molecule has 0 saturated heterocycles. The smallest absolute Gasteiger partial charge is 0.356 e. The molecule has 4 rings (SSSR count). The Morgan fingerprint density at radius 3 is 2.61 bits per heavy atom. The van der Waals surface area contributed by atoms with Crippen molar-refractivity contribution in [3.8, 4) is 0 Å². The molecule has 0 N–H and O–H groups in total. The largest absolute Gasteiger partial charge is 0.461 e. The molecule has 7 heteroatoms. The second-order valence-electron chi connectivity index (χ2n) is 7.51. The number of carbonyl (C=O) groups is 1. The minimum absolute atomic E-state index is 0.319. The van der Waals surface area contributed by atoms with Gasteiger partial charge in [-0.2, -0.15) is 13.8 Å². The molecule has 0 aliphatic rings. The minimum atomic E-state index is -0.319. The summed E-state index contributed by atoms with van der Waals surface area (Å²) >= 11 is 1.21. The zero-order chi connectivity index (χ0) is 21.6. The maximum absolute atomic E-state index is 13.0. The molecule has 160 valence electrons. The van der Waals surface area contributed by atoms with E-state index in [9.17, 15) is 4.79 Å². The van der Waals surface area contributed by atoms with Crippen LogP contribution in [0.25, 0.3) is 11.0 Å². The summed E-state index contributed by atoms with van der Waals surface area (Å²) in [5.41, 5.74) is 6.43. The molecule has 0 spiro atoms. The van der Waals surface area contributed by atoms with Gasteiger partial charge in [0.25, 0.3) is 0 Å². The highest BCUT2D eigenvalue weighted by atomic mass is 32.1. The number of unbranched alkanes of at least 4 members (excludes halogenated alkanes) is 1. The third-order valence-corrected chi connectivity index (χ3v) is 5.80. The average Bonchev–Trinajstić information content (AvgIpc) is 3.37. The van der Waals surface area contributed by atoms with E-state index in [4.69, 9.17) is 9.84 Å². The van der Waals surface area contributed by atoms with Gasteiger partial charge in [-0.15, -0.1) is 0 Å². The van der Waals surface area contributed by atoms with Crippen LogP contribution in [0, 0.1) is 0 Å². The molecule has 2 heterocycles. The zero-order valence-corrected chi connectivity index (χ0v) is 18.7. The molecule has 0 unspecified atom stereocenters. The number of nitrogens with zero attached hydrogens (tertiary/aromatic N) is 4. The molecular weight excluding hydrogens is 408 g/mol. The Kier molecular flexibility index (Phi) is 6.72. The lowest BCUT2D eigenvalue weighted by atomic mass is 9.99. The van der Waals surface area contributed by atoms with Gasteiger partial charge >= 0.3 is 5.97 Å². The molecule has 0 bridgehead atoms. The van der Waals surface area contributed by atoms with E-state index in [1.165, 1.54) is 11.7 Å². The molecular formula is C24H26N4O2S. The third-order valence-electron chi connectivity index (χ3n) is 5.24. The van der Waals surface area contributed by atoms with Crippen molar-refractivity contribution in [3.63, 3.8) is 0 Å². The molecule has 2 aromatic carbocycles. The quantitative estimate of drug-likeness (QED) is 0.345. The normalized spacial score (nSPS) is 11.2. The van der Waals surface area contributed by atoms with Gasteiger partial charge in [-0.05, 0) is 43.0 Å². The van der Waals surface area contributed by atoms with Crippen molar-refractivity contribution in [2.24, 2.45) is 0 Å². The Hall–Kier alpha value is -3.06. The van der Waals surface area contributed by atoms with Gasteiger partial charge in [-0.1, -0.05) is 49.7 Å². The third kappa shape index (κ3) is 4.82. The predicted octanol–water partition coefficient (Wildman–Crippen LogP) is 5.05. The van der Waals surface area contributed by atoms with Crippen LogP contribution in [0.3, 0.4) is 0 Å². The van der Waals surface area contributed by atoms with E-state index in [1.54, 1.807) is 0 Å². The Balaban J connectivity index is 1.77. The van der Waals surface area contributed by atoms with Gasteiger partial charge in [0.15, 0.2) is 5.69 Å². The van der Waals surface area contributed by atoms with Gasteiger partial charge in [-0.25, -0.2) is 4.79 Å². The van der Waals surface area contributed by atoms with E-state index in [0.29, 0.717) is 25.3 Å². The fourth-order valence-electron chi connectivity index (χ4n) is 3.72. The number of benzene rings is 2. The van der Waals surface area contributed by atoms with Gasteiger partial charge in [0.05, 0.1) is 30.6 Å². The maximum atomic E-state index is 13.0. The Labute approximate surface area is 186 Å². The topological polar surface area (TPSA) is 69.9 Å². The fourth-order valence-corrected chi connectivity index (χ4v) is 4.24. The second-order valence-corrected chi connectivity index (χ2v) is 8.03. The summed E-state index contributed by atoms with van der Waals surface area (Å²) in [6.45, 7) is 4.85. The van der Waals surface area contributed by atoms with Crippen LogP contribution in [-0.2, 0) is 24.1 Å². The molecule has 0 aliphatic carbocycles. The summed E-state index contributed by atoms with van der Waals surface area (Å²) in [4.78, 5) is 13.0. The first kappa shape index (κ1) is 21.2. The number of hydrogen-bond acceptors (Lipinski definition) is 6. The summed E-state index contributed by atoms with van der Waals surface area (Å²) < 4.78 is 15.9. The maximum Gasteiger partial charge on any atom is 0.356 e. The molecule has 2 aromatic heterocycles. The van der Waals surface area contributed by atoms with E-state index < -0.39 is 0 Å². The van der Waals surface area contributed by atoms with Crippen molar-refractivity contribution < 1.29 is 9.53 Å². The molecule has 0 atom stereocenters. The number of carbonyl (C=O) groups excluding carboxylic acids is 1. The fraction of sp³-hybridized carbons (Fsp3) is 0.333. The summed E-state index contributed by atoms with van der Waals surface area (Å²) in [7, 11) is 0. The highest BCUT2D eigenvalue weighted by molar-refractivity contribution is 7.00. The first-order valence-corrected chi connectivity index (χ1v) is 11.4. The molecule has 31 heavy (non-hydrogen) atoms. The van der Waals surface area contributed by atoms with E-state index in [-0.39, 0.29) is 5.97 Å². The molecule has 0 fully saturated rings. The number of hydrogen-bond donors (Lipinski definition) is 0. The van der Waals surface area contributed by atoms with Gasteiger partial charge in [0.2, 0.25) is 0 Å². The van der Waals surface area contributed by atoms with Crippen molar-refractivity contribution in [3.05, 3.63) is 76.6 Å². The Morgan fingerprint density at radius 1 is 1.03 bits per heavy atom. The van der Waals surface area contributed by atoms with Crippen LogP contribution >= 0.6 is 11.7 Å². The number of ether oxygens (including phenoxy) is 1. The zero-order valence-electron chi connectivity index (χ0n) is 17.9. The Bertz CT molecular complexity index is 1170. The number of rotatable bonds is 9. The standard InChI is InChI=1S/C24H26N4O2S/c1-3-5-11-20-19(14-18-12-13-21-22(15-18)27-31-26-21)23(24(29)30-4-2)28(25-20)16-17-9-7-6-8-10-17/h6-10,12-13,15H,3-5,11,14,16H2,1-2H3. The lowest BCUT2D eigenvalue weighted by Gasteiger charge is -2.10. The van der Waals surface area contributed by atoms with E-state index in [1.807, 2.05) is 54.1 Å². The summed E-state index contributed by atoms with van der Waals surface area (Å²) in [6, 6.07) is 16.2. The van der Waals surface area contributed by atoms with Gasteiger partial charge in [0, 0.05) is 12.0 Å². The minimum Gasteiger partial charge on any atom is -0.461 e. The van der Waals surface area contributed by atoms with E-state index in [0.717, 1.165) is 52.7 Å². The second kappa shape index (κ2) is 9.83. The first-order valence-electron chi connectivity index (χ1n) is 10.7. The highest BCUT2D eigenvalue weighted by Gasteiger charge is 2.25. The molecule has 6 nitrogen and oxygen atoms in total. The summed E-state index contributed by atoms with van der Waals surface area (Å²) in [5, 5.41) is 4.88. The van der Waals surface area contributed by atoms with Crippen molar-refractivity contribution in [1.29, 1.82) is 0 Å². The number of esters is 1. The lowest BCUT2D eigenvalue weighted by Crippen LogP contribution is -2.16. The molecule has 0 radical (unpaired) electrons. The van der Waals surface area contributed by atoms with Crippen LogP contribution in [-0.4, -0.2) is 31.1 Å². The predicted molar refractivity (Wildman–Crippen MR) is 123 cm³/mol. The molecule has 4 aromatic rings. The van der Waals surface area contributed by atoms with Gasteiger partial charge < -0.3 is 4.74 Å². The number of fused-ring (bicyclic) bond motifs is 1. The van der Waals surface area contributed by atoms with Crippen LogP contribution in [0.5, 0.6) is 0 Å². The van der Waals surface area contributed by atoms with Crippen LogP contribution in [0.15, 0.2) is 48.5 Å². The van der Waals surface area contributed by atoms with Crippen molar-refractivity contribution in [2.75, 3.05) is 6.61 Å². The summed E-state index contributed by atoms with van der Waals surface area (Å²) in [5.74, 6) is -0.319. The van der Waals surface area contributed by atoms with Crippen LogP contribution in [0.2, 0.25) is 0 Å². The van der Waals surface area contributed by atoms with Gasteiger partial charge in [0.1, 0.15) is 11.0 Å². The van der Waals surface area contributed by atoms with Crippen molar-refractivity contribution in [2.45, 2.75) is 46.1 Å².